The third kappa shape index (κ3) is 5.94. The highest BCUT2D eigenvalue weighted by molar-refractivity contribution is 7.60. The van der Waals surface area contributed by atoms with E-state index >= 15 is 0 Å². The number of hydrogen-bond acceptors (Lipinski definition) is 1. The highest BCUT2D eigenvalue weighted by Gasteiger charge is 2.16. The minimum absolute atomic E-state index is 0.631. The van der Waals surface area contributed by atoms with Gasteiger partial charge in [0.1, 0.15) is 0 Å². The number of nitrogens with two attached hydrogens (primary N) is 1. The molecule has 0 radical (unpaired) electrons. The molecule has 0 aliphatic rings. The number of nitrogens with one attached hydrogen (secondary N) is 1. The first-order valence-electron chi connectivity index (χ1n) is 5.80. The van der Waals surface area contributed by atoms with Crippen molar-refractivity contribution in [3.05, 3.63) is 0 Å². The SMILES string of the molecule is CN(C)C(=NP(=N)(N)N=C(N(C)C)N(C)C)N(C)C. The maximum atomic E-state index is 8.17. The van der Waals surface area contributed by atoms with Crippen molar-refractivity contribution in [3.63, 3.8) is 0 Å². The van der Waals surface area contributed by atoms with Gasteiger partial charge in [0, 0.05) is 56.4 Å². The summed E-state index contributed by atoms with van der Waals surface area (Å²) in [4.78, 5) is 7.26. The van der Waals surface area contributed by atoms with Crippen LogP contribution in [0.4, 0.5) is 0 Å². The molecular weight excluding hydrogens is 263 g/mol. The van der Waals surface area contributed by atoms with E-state index < -0.39 is 7.51 Å². The molecule has 0 spiro atoms. The first kappa shape index (κ1) is 17.7. The van der Waals surface area contributed by atoms with Crippen molar-refractivity contribution in [1.29, 1.82) is 5.16 Å². The minimum atomic E-state index is -3.01. The van der Waals surface area contributed by atoms with Crippen LogP contribution in [0, 0.1) is 5.16 Å². The van der Waals surface area contributed by atoms with E-state index in [1.165, 1.54) is 0 Å². The Kier molecular flexibility index (Phi) is 6.32. The van der Waals surface area contributed by atoms with Crippen molar-refractivity contribution < 1.29 is 0 Å². The van der Waals surface area contributed by atoms with Gasteiger partial charge in [0.15, 0.2) is 0 Å². The molecule has 0 aromatic carbocycles. The van der Waals surface area contributed by atoms with Gasteiger partial charge in [0.25, 0.3) is 7.51 Å². The fraction of sp³-hybridized carbons (Fsp3) is 0.800. The van der Waals surface area contributed by atoms with Crippen LogP contribution in [0.5, 0.6) is 0 Å². The van der Waals surface area contributed by atoms with E-state index in [2.05, 4.69) is 9.53 Å². The summed E-state index contributed by atoms with van der Waals surface area (Å²) in [6.45, 7) is 0. The Balaban J connectivity index is 5.55. The molecule has 19 heavy (non-hydrogen) atoms. The van der Waals surface area contributed by atoms with E-state index in [1.807, 2.05) is 76.0 Å². The van der Waals surface area contributed by atoms with Crippen LogP contribution in [0.1, 0.15) is 0 Å². The topological polar surface area (TPSA) is 87.5 Å². The third-order valence-electron chi connectivity index (χ3n) is 2.08. The molecule has 9 heteroatoms. The second-order valence-electron chi connectivity index (χ2n) is 5.03. The van der Waals surface area contributed by atoms with Gasteiger partial charge < -0.3 is 19.6 Å². The summed E-state index contributed by atoms with van der Waals surface area (Å²) in [5.74, 6) is 1.26. The summed E-state index contributed by atoms with van der Waals surface area (Å²) < 4.78 is 8.59. The van der Waals surface area contributed by atoms with Crippen molar-refractivity contribution in [3.8, 4) is 0 Å². The van der Waals surface area contributed by atoms with Gasteiger partial charge in [-0.05, 0) is 0 Å². The highest BCUT2D eigenvalue weighted by atomic mass is 31.2. The summed E-state index contributed by atoms with van der Waals surface area (Å²) in [6, 6.07) is 0. The number of guanidine groups is 2. The zero-order valence-corrected chi connectivity index (χ0v) is 14.1. The molecular formula is C10H27N8P. The Hall–Kier alpha value is -1.27. The van der Waals surface area contributed by atoms with E-state index in [-0.39, 0.29) is 0 Å². The molecule has 0 fully saturated rings. The highest BCUT2D eigenvalue weighted by Crippen LogP contribution is 2.41. The van der Waals surface area contributed by atoms with Crippen molar-refractivity contribution in [1.82, 2.24) is 19.6 Å². The third-order valence-corrected chi connectivity index (χ3v) is 3.05. The molecule has 0 aliphatic carbocycles. The van der Waals surface area contributed by atoms with Crippen LogP contribution in [0.25, 0.3) is 0 Å². The molecule has 0 rings (SSSR count). The lowest BCUT2D eigenvalue weighted by atomic mass is 10.7. The second kappa shape index (κ2) is 6.77. The number of hydrogen-bond donors (Lipinski definition) is 2. The maximum absolute atomic E-state index is 8.17. The smallest absolute Gasteiger partial charge is 0.253 e. The molecule has 0 saturated carbocycles. The van der Waals surface area contributed by atoms with E-state index in [4.69, 9.17) is 10.7 Å². The lowest BCUT2D eigenvalue weighted by molar-refractivity contribution is 0.484. The molecule has 3 N–H and O–H groups in total. The minimum Gasteiger partial charge on any atom is -0.349 e. The number of nitrogens with zero attached hydrogens (tertiary/aromatic N) is 6. The van der Waals surface area contributed by atoms with E-state index in [1.54, 1.807) is 0 Å². The van der Waals surface area contributed by atoms with Crippen molar-refractivity contribution in [2.24, 2.45) is 15.0 Å². The average molecular weight is 290 g/mol. The fourth-order valence-electron chi connectivity index (χ4n) is 1.45. The van der Waals surface area contributed by atoms with Crippen molar-refractivity contribution in [2.45, 2.75) is 0 Å². The van der Waals surface area contributed by atoms with Gasteiger partial charge >= 0.3 is 0 Å². The van der Waals surface area contributed by atoms with Gasteiger partial charge in [0.05, 0.1) is 0 Å². The van der Waals surface area contributed by atoms with Crippen LogP contribution in [-0.2, 0) is 0 Å². The van der Waals surface area contributed by atoms with E-state index in [9.17, 15) is 0 Å². The molecule has 0 aromatic heterocycles. The summed E-state index contributed by atoms with van der Waals surface area (Å²) in [5.41, 5.74) is 5.97. The standard InChI is InChI=1S/C10H27N8P/c1-15(2)9(16(3)4)13-19(11,12)14-10(17(5)6)18(7)8/h1-8H3,(H3,11,12). The zero-order chi connectivity index (χ0) is 15.4. The average Bonchev–Trinajstić information content (AvgIpc) is 2.21. The predicted molar refractivity (Wildman–Crippen MR) is 83.4 cm³/mol. The molecule has 0 aliphatic heterocycles. The van der Waals surface area contributed by atoms with Crippen molar-refractivity contribution in [2.75, 3.05) is 56.4 Å². The van der Waals surface area contributed by atoms with Gasteiger partial charge in [-0.15, -0.1) is 0 Å². The van der Waals surface area contributed by atoms with Gasteiger partial charge in [-0.25, -0.2) is 0 Å². The summed E-state index contributed by atoms with van der Waals surface area (Å²) >= 11 is 0. The monoisotopic (exact) mass is 290 g/mol. The molecule has 112 valence electrons. The molecule has 0 heterocycles. The van der Waals surface area contributed by atoms with Crippen LogP contribution in [0.15, 0.2) is 9.53 Å². The Bertz CT molecular complexity index is 342. The molecule has 0 aromatic rings. The molecule has 0 bridgehead atoms. The Morgan fingerprint density at radius 1 is 0.737 bits per heavy atom. The molecule has 8 nitrogen and oxygen atoms in total. The zero-order valence-electron chi connectivity index (χ0n) is 13.2. The quantitative estimate of drug-likeness (QED) is 0.437. The molecule has 0 atom stereocenters. The van der Waals surface area contributed by atoms with Gasteiger partial charge in [-0.3, -0.25) is 10.7 Å². The number of rotatable bonds is 2. The largest absolute Gasteiger partial charge is 0.349 e. The van der Waals surface area contributed by atoms with Crippen LogP contribution < -0.4 is 5.50 Å². The van der Waals surface area contributed by atoms with E-state index in [0.29, 0.717) is 11.9 Å². The Morgan fingerprint density at radius 2 is 0.947 bits per heavy atom. The Morgan fingerprint density at radius 3 is 1.11 bits per heavy atom. The first-order valence-corrected chi connectivity index (χ1v) is 7.56. The molecule has 0 amide bonds. The maximum Gasteiger partial charge on any atom is 0.253 e. The lowest BCUT2D eigenvalue weighted by Crippen LogP contribution is -2.36. The van der Waals surface area contributed by atoms with Gasteiger partial charge in [-0.2, -0.15) is 9.53 Å². The predicted octanol–water partition coefficient (Wildman–Crippen LogP) is 0.428. The summed E-state index contributed by atoms with van der Waals surface area (Å²) in [7, 11) is 11.9. The van der Waals surface area contributed by atoms with Gasteiger partial charge in [0.2, 0.25) is 11.9 Å². The van der Waals surface area contributed by atoms with Crippen LogP contribution >= 0.6 is 7.51 Å². The van der Waals surface area contributed by atoms with Crippen LogP contribution in [0.2, 0.25) is 0 Å². The normalized spacial score (nSPS) is 10.6. The lowest BCUT2D eigenvalue weighted by Gasteiger charge is -2.26. The van der Waals surface area contributed by atoms with Gasteiger partial charge in [-0.1, -0.05) is 0 Å². The van der Waals surface area contributed by atoms with Crippen molar-refractivity contribution >= 4 is 19.4 Å². The Labute approximate surface area is 116 Å². The summed E-state index contributed by atoms with van der Waals surface area (Å²) in [6.07, 6.45) is 0. The molecule has 0 saturated heterocycles. The first-order chi connectivity index (χ1) is 8.48. The molecule has 0 unspecified atom stereocenters. The van der Waals surface area contributed by atoms with E-state index in [0.717, 1.165) is 0 Å². The second-order valence-corrected chi connectivity index (χ2v) is 6.73. The fourth-order valence-corrected chi connectivity index (χ4v) is 2.76. The van der Waals surface area contributed by atoms with Crippen LogP contribution in [-0.4, -0.2) is 87.9 Å². The summed E-state index contributed by atoms with van der Waals surface area (Å²) in [5, 5.41) is 8.17. The van der Waals surface area contributed by atoms with Crippen LogP contribution in [0.3, 0.4) is 0 Å².